The standard InChI is InChI=1S/C24H20ClN5O2/c1-13-11-14(2)27-24(26-13)30-23-21(22(29-30)16-3-7-17(25)8-4-16)19(12-20(32)28-23)15-5-9-18(31)10-6-15/h3-11,19,31H,12H2,1-2H3,(H,28,32)/t19-/m1/s1. The van der Waals surface area contributed by atoms with Crippen molar-refractivity contribution in [3.8, 4) is 23.0 Å². The monoisotopic (exact) mass is 445 g/mol. The number of aryl methyl sites for hydroxylation is 2. The minimum absolute atomic E-state index is 0.122. The maximum absolute atomic E-state index is 12.7. The SMILES string of the molecule is Cc1cc(C)nc(-n2nc(-c3ccc(Cl)cc3)c3c2NC(=O)C[C@@H]3c2ccc(O)cc2)n1. The quantitative estimate of drug-likeness (QED) is 0.473. The molecular formula is C24H20ClN5O2. The van der Waals surface area contributed by atoms with E-state index in [1.807, 2.05) is 56.3 Å². The van der Waals surface area contributed by atoms with Crippen molar-refractivity contribution in [3.63, 3.8) is 0 Å². The number of aromatic nitrogens is 4. The highest BCUT2D eigenvalue weighted by atomic mass is 35.5. The van der Waals surface area contributed by atoms with Crippen LogP contribution in [0.5, 0.6) is 5.75 Å². The fourth-order valence-electron chi connectivity index (χ4n) is 4.11. The number of rotatable bonds is 3. The molecule has 0 radical (unpaired) electrons. The van der Waals surface area contributed by atoms with Crippen LogP contribution in [0.1, 0.15) is 34.9 Å². The summed E-state index contributed by atoms with van der Waals surface area (Å²) in [5.41, 5.74) is 4.99. The molecule has 2 aromatic heterocycles. The Balaban J connectivity index is 1.78. The van der Waals surface area contributed by atoms with E-state index in [4.69, 9.17) is 16.7 Å². The third kappa shape index (κ3) is 3.61. The van der Waals surface area contributed by atoms with Crippen molar-refractivity contribution in [2.24, 2.45) is 0 Å². The van der Waals surface area contributed by atoms with E-state index in [9.17, 15) is 9.90 Å². The third-order valence-electron chi connectivity index (χ3n) is 5.49. The van der Waals surface area contributed by atoms with Gasteiger partial charge in [-0.25, -0.2) is 9.97 Å². The highest BCUT2D eigenvalue weighted by molar-refractivity contribution is 6.30. The summed E-state index contributed by atoms with van der Waals surface area (Å²) in [5, 5.41) is 18.2. The topological polar surface area (TPSA) is 92.9 Å². The maximum atomic E-state index is 12.7. The number of halogens is 1. The van der Waals surface area contributed by atoms with E-state index in [1.165, 1.54) is 0 Å². The van der Waals surface area contributed by atoms with E-state index in [1.54, 1.807) is 16.8 Å². The number of phenolic OH excluding ortho intramolecular Hbond substituents is 1. The van der Waals surface area contributed by atoms with Crippen LogP contribution in [0.25, 0.3) is 17.2 Å². The van der Waals surface area contributed by atoms with E-state index >= 15 is 0 Å². The Labute approximate surface area is 189 Å². The summed E-state index contributed by atoms with van der Waals surface area (Å²) >= 11 is 6.11. The summed E-state index contributed by atoms with van der Waals surface area (Å²) in [7, 11) is 0. The Morgan fingerprint density at radius 2 is 1.69 bits per heavy atom. The van der Waals surface area contributed by atoms with Crippen LogP contribution in [0.4, 0.5) is 5.82 Å². The lowest BCUT2D eigenvalue weighted by Crippen LogP contribution is -2.25. The molecular weight excluding hydrogens is 426 g/mol. The molecule has 1 amide bonds. The van der Waals surface area contributed by atoms with Crippen molar-refractivity contribution in [1.82, 2.24) is 19.7 Å². The third-order valence-corrected chi connectivity index (χ3v) is 5.74. The Morgan fingerprint density at radius 1 is 1.03 bits per heavy atom. The number of carbonyl (C=O) groups excluding carboxylic acids is 1. The molecule has 0 unspecified atom stereocenters. The van der Waals surface area contributed by atoms with Gasteiger partial charge in [-0.2, -0.15) is 9.78 Å². The van der Waals surface area contributed by atoms with E-state index < -0.39 is 0 Å². The number of aromatic hydroxyl groups is 1. The van der Waals surface area contributed by atoms with Gasteiger partial charge in [-0.3, -0.25) is 4.79 Å². The van der Waals surface area contributed by atoms with Crippen LogP contribution in [0.3, 0.4) is 0 Å². The van der Waals surface area contributed by atoms with Crippen LogP contribution in [-0.2, 0) is 4.79 Å². The molecule has 1 atom stereocenters. The van der Waals surface area contributed by atoms with Crippen molar-refractivity contribution in [1.29, 1.82) is 0 Å². The van der Waals surface area contributed by atoms with Gasteiger partial charge in [-0.15, -0.1) is 0 Å². The fraction of sp³-hybridized carbons (Fsp3) is 0.167. The molecule has 0 spiro atoms. The van der Waals surface area contributed by atoms with Crippen LogP contribution in [-0.4, -0.2) is 30.8 Å². The number of hydrogen-bond donors (Lipinski definition) is 2. The Hall–Kier alpha value is -3.71. The van der Waals surface area contributed by atoms with Crippen LogP contribution >= 0.6 is 11.6 Å². The van der Waals surface area contributed by atoms with E-state index in [-0.39, 0.29) is 24.0 Å². The van der Waals surface area contributed by atoms with Crippen molar-refractivity contribution in [2.45, 2.75) is 26.2 Å². The predicted octanol–water partition coefficient (Wildman–Crippen LogP) is 4.78. The molecule has 32 heavy (non-hydrogen) atoms. The smallest absolute Gasteiger partial charge is 0.252 e. The minimum Gasteiger partial charge on any atom is -0.508 e. The molecule has 2 N–H and O–H groups in total. The van der Waals surface area contributed by atoms with Crippen LogP contribution in [0, 0.1) is 13.8 Å². The lowest BCUT2D eigenvalue weighted by Gasteiger charge is -2.24. The number of amides is 1. The zero-order valence-electron chi connectivity index (χ0n) is 17.5. The zero-order valence-corrected chi connectivity index (χ0v) is 18.3. The van der Waals surface area contributed by atoms with Crippen LogP contribution in [0.2, 0.25) is 5.02 Å². The number of hydrogen-bond acceptors (Lipinski definition) is 5. The van der Waals surface area contributed by atoms with Crippen LogP contribution < -0.4 is 5.32 Å². The molecule has 0 saturated heterocycles. The fourth-order valence-corrected chi connectivity index (χ4v) is 4.24. The van der Waals surface area contributed by atoms with Crippen molar-refractivity contribution in [3.05, 3.63) is 82.1 Å². The molecule has 160 valence electrons. The maximum Gasteiger partial charge on any atom is 0.252 e. The van der Waals surface area contributed by atoms with E-state index in [2.05, 4.69) is 15.3 Å². The van der Waals surface area contributed by atoms with Gasteiger partial charge in [0.25, 0.3) is 5.95 Å². The molecule has 1 aliphatic heterocycles. The Kier molecular flexibility index (Phi) is 4.90. The Bertz CT molecular complexity index is 1310. The van der Waals surface area contributed by atoms with Gasteiger partial charge in [-0.05, 0) is 49.7 Å². The first-order valence-electron chi connectivity index (χ1n) is 10.2. The molecule has 0 bridgehead atoms. The largest absolute Gasteiger partial charge is 0.508 e. The number of nitrogens with one attached hydrogen (secondary N) is 1. The number of nitrogens with zero attached hydrogens (tertiary/aromatic N) is 4. The van der Waals surface area contributed by atoms with Gasteiger partial charge >= 0.3 is 0 Å². The normalized spacial score (nSPS) is 15.3. The molecule has 5 rings (SSSR count). The molecule has 1 aliphatic rings. The second kappa shape index (κ2) is 7.76. The summed E-state index contributed by atoms with van der Waals surface area (Å²) in [4.78, 5) is 21.8. The molecule has 2 aromatic carbocycles. The number of benzene rings is 2. The van der Waals surface area contributed by atoms with Gasteiger partial charge < -0.3 is 10.4 Å². The predicted molar refractivity (Wildman–Crippen MR) is 122 cm³/mol. The molecule has 3 heterocycles. The van der Waals surface area contributed by atoms with Gasteiger partial charge in [0.05, 0.1) is 5.69 Å². The minimum atomic E-state index is -0.246. The first-order chi connectivity index (χ1) is 15.4. The van der Waals surface area contributed by atoms with Gasteiger partial charge in [0.1, 0.15) is 11.6 Å². The molecule has 7 nitrogen and oxygen atoms in total. The number of phenols is 1. The summed E-state index contributed by atoms with van der Waals surface area (Å²) in [5.74, 6) is 0.750. The molecule has 0 saturated carbocycles. The Morgan fingerprint density at radius 3 is 2.34 bits per heavy atom. The van der Waals surface area contributed by atoms with E-state index in [0.29, 0.717) is 16.8 Å². The summed E-state index contributed by atoms with van der Waals surface area (Å²) in [6, 6.07) is 16.2. The number of carbonyl (C=O) groups is 1. The van der Waals surface area contributed by atoms with Gasteiger partial charge in [0.15, 0.2) is 0 Å². The second-order valence-corrected chi connectivity index (χ2v) is 8.31. The van der Waals surface area contributed by atoms with E-state index in [0.717, 1.165) is 33.8 Å². The number of fused-ring (bicyclic) bond motifs is 1. The van der Waals surface area contributed by atoms with Crippen molar-refractivity contribution < 1.29 is 9.90 Å². The highest BCUT2D eigenvalue weighted by Gasteiger charge is 2.35. The van der Waals surface area contributed by atoms with Gasteiger partial charge in [-0.1, -0.05) is 35.9 Å². The van der Waals surface area contributed by atoms with Gasteiger partial charge in [0.2, 0.25) is 5.91 Å². The molecule has 8 heteroatoms. The average Bonchev–Trinajstić information content (AvgIpc) is 3.13. The average molecular weight is 446 g/mol. The van der Waals surface area contributed by atoms with Crippen LogP contribution in [0.15, 0.2) is 54.6 Å². The summed E-state index contributed by atoms with van der Waals surface area (Å²) in [6.07, 6.45) is 0.262. The highest BCUT2D eigenvalue weighted by Crippen LogP contribution is 2.44. The first kappa shape index (κ1) is 20.2. The second-order valence-electron chi connectivity index (χ2n) is 7.88. The molecule has 0 fully saturated rings. The first-order valence-corrected chi connectivity index (χ1v) is 10.6. The molecule has 0 aliphatic carbocycles. The lowest BCUT2D eigenvalue weighted by molar-refractivity contribution is -0.116. The number of anilines is 1. The summed E-state index contributed by atoms with van der Waals surface area (Å²) in [6.45, 7) is 3.79. The lowest BCUT2D eigenvalue weighted by atomic mass is 9.84. The van der Waals surface area contributed by atoms with Crippen molar-refractivity contribution in [2.75, 3.05) is 5.32 Å². The van der Waals surface area contributed by atoms with Gasteiger partial charge in [0, 0.05) is 39.9 Å². The summed E-state index contributed by atoms with van der Waals surface area (Å²) < 4.78 is 1.60. The van der Waals surface area contributed by atoms with Crippen molar-refractivity contribution >= 4 is 23.3 Å². The molecule has 4 aromatic rings. The zero-order chi connectivity index (χ0) is 22.4.